The minimum Gasteiger partial charge on any atom is -0.370 e. The van der Waals surface area contributed by atoms with Crippen LogP contribution in [0, 0.1) is 5.82 Å². The first kappa shape index (κ1) is 33.2. The largest absolute Gasteiger partial charge is 0.370 e. The average molecular weight is 638 g/mol. The van der Waals surface area contributed by atoms with E-state index in [4.69, 9.17) is 9.47 Å². The van der Waals surface area contributed by atoms with Crippen LogP contribution in [0.4, 0.5) is 4.39 Å². The molecule has 0 atom stereocenters. The molecule has 0 aliphatic carbocycles. The smallest absolute Gasteiger partial charge is 0.248 e. The number of carbonyl (C=O) groups is 1. The standard InChI is InChI=1S/C35H44FN3O5S/c1-45(41,42)39(34(29-11-4-2-5-12-29)30-13-6-3-7-14-30)24-25-43-28-33(40)38-21-17-35(18-22-38,31-15-10-16-32(36)27-31)44-26-23-37-19-8-9-20-37/h2-7,10-16,27,34H,8-9,17-26,28H2,1H3. The Morgan fingerprint density at radius 1 is 0.889 bits per heavy atom. The number of hydrogen-bond donors (Lipinski definition) is 0. The Labute approximate surface area is 266 Å². The van der Waals surface area contributed by atoms with Gasteiger partial charge in [-0.3, -0.25) is 4.79 Å². The fraction of sp³-hybridized carbons (Fsp3) is 0.457. The number of hydrogen-bond acceptors (Lipinski definition) is 6. The molecule has 3 aromatic rings. The van der Waals surface area contributed by atoms with E-state index in [1.54, 1.807) is 17.0 Å². The van der Waals surface area contributed by atoms with Gasteiger partial charge in [-0.05, 0) is 67.6 Å². The first-order valence-electron chi connectivity index (χ1n) is 15.8. The number of piperidine rings is 1. The van der Waals surface area contributed by atoms with E-state index in [0.29, 0.717) is 32.5 Å². The molecule has 0 aromatic heterocycles. The number of halogens is 1. The molecule has 5 rings (SSSR count). The quantitative estimate of drug-likeness (QED) is 0.236. The lowest BCUT2D eigenvalue weighted by Gasteiger charge is -2.42. The van der Waals surface area contributed by atoms with E-state index in [2.05, 4.69) is 4.90 Å². The lowest BCUT2D eigenvalue weighted by Crippen LogP contribution is -2.48. The third-order valence-corrected chi connectivity index (χ3v) is 10.1. The zero-order valence-electron chi connectivity index (χ0n) is 26.0. The first-order valence-corrected chi connectivity index (χ1v) is 17.6. The van der Waals surface area contributed by atoms with E-state index in [1.165, 1.54) is 29.5 Å². The molecule has 242 valence electrons. The molecule has 0 bridgehead atoms. The summed E-state index contributed by atoms with van der Waals surface area (Å²) in [6, 6.07) is 25.1. The molecular weight excluding hydrogens is 593 g/mol. The summed E-state index contributed by atoms with van der Waals surface area (Å²) in [6.07, 6.45) is 4.73. The van der Waals surface area contributed by atoms with Gasteiger partial charge in [0.15, 0.2) is 0 Å². The van der Waals surface area contributed by atoms with Gasteiger partial charge in [0.1, 0.15) is 12.4 Å². The van der Waals surface area contributed by atoms with Gasteiger partial charge in [0.2, 0.25) is 15.9 Å². The molecule has 2 aliphatic rings. The molecule has 2 saturated heterocycles. The number of benzene rings is 3. The van der Waals surface area contributed by atoms with Gasteiger partial charge in [-0.15, -0.1) is 0 Å². The maximum atomic E-state index is 14.2. The van der Waals surface area contributed by atoms with Crippen molar-refractivity contribution in [1.29, 1.82) is 0 Å². The number of likely N-dealkylation sites (tertiary alicyclic amines) is 2. The normalized spacial score (nSPS) is 17.3. The van der Waals surface area contributed by atoms with Gasteiger partial charge in [-0.1, -0.05) is 72.8 Å². The van der Waals surface area contributed by atoms with Crippen molar-refractivity contribution in [2.24, 2.45) is 0 Å². The number of sulfonamides is 1. The van der Waals surface area contributed by atoms with E-state index < -0.39 is 21.7 Å². The van der Waals surface area contributed by atoms with Crippen LogP contribution >= 0.6 is 0 Å². The van der Waals surface area contributed by atoms with Crippen LogP contribution in [0.3, 0.4) is 0 Å². The van der Waals surface area contributed by atoms with Crippen LogP contribution in [0.25, 0.3) is 0 Å². The van der Waals surface area contributed by atoms with Crippen molar-refractivity contribution in [3.8, 4) is 0 Å². The van der Waals surface area contributed by atoms with Gasteiger partial charge >= 0.3 is 0 Å². The molecule has 2 aliphatic heterocycles. The molecule has 0 unspecified atom stereocenters. The zero-order chi connectivity index (χ0) is 31.7. The second kappa shape index (κ2) is 15.4. The summed E-state index contributed by atoms with van der Waals surface area (Å²) in [4.78, 5) is 17.3. The topological polar surface area (TPSA) is 79.4 Å². The molecule has 2 fully saturated rings. The molecule has 0 N–H and O–H groups in total. The fourth-order valence-electron chi connectivity index (χ4n) is 6.47. The lowest BCUT2D eigenvalue weighted by atomic mass is 9.84. The Morgan fingerprint density at radius 3 is 2.09 bits per heavy atom. The highest BCUT2D eigenvalue weighted by molar-refractivity contribution is 7.88. The predicted molar refractivity (Wildman–Crippen MR) is 173 cm³/mol. The Kier molecular flexibility index (Phi) is 11.4. The van der Waals surface area contributed by atoms with Crippen LogP contribution < -0.4 is 0 Å². The highest BCUT2D eigenvalue weighted by atomic mass is 32.2. The van der Waals surface area contributed by atoms with E-state index in [1.807, 2.05) is 66.7 Å². The van der Waals surface area contributed by atoms with Crippen LogP contribution in [0.1, 0.15) is 48.4 Å². The molecule has 0 radical (unpaired) electrons. The van der Waals surface area contributed by atoms with Crippen molar-refractivity contribution in [3.63, 3.8) is 0 Å². The molecule has 45 heavy (non-hydrogen) atoms. The molecule has 3 aromatic carbocycles. The van der Waals surface area contributed by atoms with Crippen LogP contribution in [0.2, 0.25) is 0 Å². The van der Waals surface area contributed by atoms with Crippen molar-refractivity contribution < 1.29 is 27.1 Å². The van der Waals surface area contributed by atoms with Gasteiger partial charge in [0.05, 0.1) is 31.1 Å². The molecule has 1 amide bonds. The fourth-order valence-corrected chi connectivity index (χ4v) is 7.50. The number of rotatable bonds is 14. The maximum Gasteiger partial charge on any atom is 0.248 e. The maximum absolute atomic E-state index is 14.2. The third kappa shape index (κ3) is 8.77. The molecule has 2 heterocycles. The minimum absolute atomic E-state index is 0.0651. The van der Waals surface area contributed by atoms with Gasteiger partial charge in [-0.25, -0.2) is 12.8 Å². The molecule has 8 nitrogen and oxygen atoms in total. The number of carbonyl (C=O) groups excluding carboxylic acids is 1. The van der Waals surface area contributed by atoms with Crippen LogP contribution in [-0.2, 0) is 29.9 Å². The molecular formula is C35H44FN3O5S. The number of amides is 1. The molecule has 10 heteroatoms. The van der Waals surface area contributed by atoms with Crippen LogP contribution in [0.15, 0.2) is 84.9 Å². The summed E-state index contributed by atoms with van der Waals surface area (Å²) in [5.74, 6) is -0.458. The van der Waals surface area contributed by atoms with Gasteiger partial charge in [0.25, 0.3) is 0 Å². The third-order valence-electron chi connectivity index (χ3n) is 8.89. The number of nitrogens with zero attached hydrogens (tertiary/aromatic N) is 3. The van der Waals surface area contributed by atoms with Gasteiger partial charge < -0.3 is 19.3 Å². The summed E-state index contributed by atoms with van der Waals surface area (Å²) in [5, 5.41) is 0. The van der Waals surface area contributed by atoms with E-state index in [-0.39, 0.29) is 31.5 Å². The van der Waals surface area contributed by atoms with Crippen molar-refractivity contribution in [2.45, 2.75) is 37.3 Å². The molecule has 0 saturated carbocycles. The van der Waals surface area contributed by atoms with E-state index >= 15 is 0 Å². The summed E-state index contributed by atoms with van der Waals surface area (Å²) >= 11 is 0. The summed E-state index contributed by atoms with van der Waals surface area (Å²) in [5.41, 5.74) is 1.85. The highest BCUT2D eigenvalue weighted by Crippen LogP contribution is 2.37. The Morgan fingerprint density at radius 2 is 1.51 bits per heavy atom. The minimum atomic E-state index is -3.62. The first-order chi connectivity index (χ1) is 21.7. The van der Waals surface area contributed by atoms with E-state index in [0.717, 1.165) is 36.3 Å². The Bertz CT molecular complexity index is 1440. The zero-order valence-corrected chi connectivity index (χ0v) is 26.8. The number of ether oxygens (including phenoxy) is 2. The molecule has 0 spiro atoms. The highest BCUT2D eigenvalue weighted by Gasteiger charge is 2.39. The van der Waals surface area contributed by atoms with E-state index in [9.17, 15) is 17.6 Å². The second-order valence-corrected chi connectivity index (χ2v) is 13.9. The Hall–Kier alpha value is -3.15. The van der Waals surface area contributed by atoms with Crippen LogP contribution in [0.5, 0.6) is 0 Å². The van der Waals surface area contributed by atoms with Gasteiger partial charge in [0, 0.05) is 26.2 Å². The Balaban J connectivity index is 1.18. The van der Waals surface area contributed by atoms with Crippen molar-refractivity contribution in [1.82, 2.24) is 14.1 Å². The summed E-state index contributed by atoms with van der Waals surface area (Å²) in [6.45, 7) is 4.49. The summed E-state index contributed by atoms with van der Waals surface area (Å²) in [7, 11) is -3.62. The van der Waals surface area contributed by atoms with Crippen molar-refractivity contribution in [2.75, 3.05) is 65.3 Å². The second-order valence-electron chi connectivity index (χ2n) is 11.9. The van der Waals surface area contributed by atoms with Crippen LogP contribution in [-0.4, -0.2) is 93.8 Å². The lowest BCUT2D eigenvalue weighted by molar-refractivity contribution is -0.144. The predicted octanol–water partition coefficient (Wildman–Crippen LogP) is 4.82. The SMILES string of the molecule is CS(=O)(=O)N(CCOCC(=O)N1CCC(OCCN2CCCC2)(c2cccc(F)c2)CC1)C(c1ccccc1)c1ccccc1. The summed E-state index contributed by atoms with van der Waals surface area (Å²) < 4.78 is 54.0. The van der Waals surface area contributed by atoms with Gasteiger partial charge in [-0.2, -0.15) is 4.31 Å². The van der Waals surface area contributed by atoms with Crippen molar-refractivity contribution >= 4 is 15.9 Å². The van der Waals surface area contributed by atoms with Crippen molar-refractivity contribution in [3.05, 3.63) is 107 Å². The average Bonchev–Trinajstić information content (AvgIpc) is 3.57. The monoisotopic (exact) mass is 637 g/mol.